The average Bonchev–Trinajstić information content (AvgIpc) is 2.88. The third-order valence-electron chi connectivity index (χ3n) is 3.61. The van der Waals surface area contributed by atoms with Crippen molar-refractivity contribution in [1.29, 1.82) is 0 Å². The van der Waals surface area contributed by atoms with E-state index in [9.17, 15) is 9.59 Å². The summed E-state index contributed by atoms with van der Waals surface area (Å²) >= 11 is 0. The minimum absolute atomic E-state index is 0.0591. The van der Waals surface area contributed by atoms with Gasteiger partial charge in [-0.2, -0.15) is 0 Å². The van der Waals surface area contributed by atoms with Crippen LogP contribution in [0.4, 0.5) is 5.69 Å². The Balaban J connectivity index is 2.16. The summed E-state index contributed by atoms with van der Waals surface area (Å²) in [6.45, 7) is 4.19. The Morgan fingerprint density at radius 1 is 1.27 bits per heavy atom. The first-order chi connectivity index (χ1) is 10.5. The van der Waals surface area contributed by atoms with E-state index in [-0.39, 0.29) is 30.2 Å². The van der Waals surface area contributed by atoms with Crippen LogP contribution >= 0.6 is 0 Å². The highest BCUT2D eigenvalue weighted by atomic mass is 16.5. The van der Waals surface area contributed by atoms with Crippen molar-refractivity contribution in [2.45, 2.75) is 26.3 Å². The zero-order valence-corrected chi connectivity index (χ0v) is 13.4. The first kappa shape index (κ1) is 16.1. The van der Waals surface area contributed by atoms with Gasteiger partial charge in [0, 0.05) is 30.8 Å². The topological polar surface area (TPSA) is 67.9 Å². The van der Waals surface area contributed by atoms with E-state index in [0.717, 1.165) is 0 Å². The zero-order chi connectivity index (χ0) is 16.3. The number of methoxy groups -OCH3 is 2. The van der Waals surface area contributed by atoms with Crippen molar-refractivity contribution in [2.75, 3.05) is 25.7 Å². The third-order valence-corrected chi connectivity index (χ3v) is 3.61. The SMILES string of the molecule is COc1ccc(N2CC(C(=O)NC(C)C)CC2=O)cc1OC. The van der Waals surface area contributed by atoms with Gasteiger partial charge in [-0.25, -0.2) is 0 Å². The van der Waals surface area contributed by atoms with E-state index < -0.39 is 0 Å². The molecule has 1 heterocycles. The van der Waals surface area contributed by atoms with Crippen molar-refractivity contribution >= 4 is 17.5 Å². The smallest absolute Gasteiger partial charge is 0.227 e. The molecule has 1 atom stereocenters. The van der Waals surface area contributed by atoms with Gasteiger partial charge in [0.05, 0.1) is 20.1 Å². The van der Waals surface area contributed by atoms with Crippen LogP contribution in [0.2, 0.25) is 0 Å². The summed E-state index contributed by atoms with van der Waals surface area (Å²) in [6.07, 6.45) is 0.229. The van der Waals surface area contributed by atoms with Gasteiger partial charge in [-0.05, 0) is 26.0 Å². The molecule has 0 spiro atoms. The summed E-state index contributed by atoms with van der Waals surface area (Å²) in [5.74, 6) is 0.709. The van der Waals surface area contributed by atoms with Crippen LogP contribution < -0.4 is 19.7 Å². The van der Waals surface area contributed by atoms with Gasteiger partial charge >= 0.3 is 0 Å². The van der Waals surface area contributed by atoms with E-state index in [2.05, 4.69) is 5.32 Å². The summed E-state index contributed by atoms with van der Waals surface area (Å²) in [7, 11) is 3.11. The minimum atomic E-state index is -0.317. The molecule has 6 nitrogen and oxygen atoms in total. The second-order valence-electron chi connectivity index (χ2n) is 5.61. The molecule has 1 aromatic rings. The van der Waals surface area contributed by atoms with Crippen molar-refractivity contribution in [1.82, 2.24) is 5.32 Å². The summed E-state index contributed by atoms with van der Waals surface area (Å²) in [6, 6.07) is 5.36. The van der Waals surface area contributed by atoms with E-state index in [4.69, 9.17) is 9.47 Å². The van der Waals surface area contributed by atoms with Crippen LogP contribution in [0.5, 0.6) is 11.5 Å². The van der Waals surface area contributed by atoms with Crippen LogP contribution in [-0.4, -0.2) is 38.6 Å². The van der Waals surface area contributed by atoms with Gasteiger partial charge in [-0.1, -0.05) is 0 Å². The van der Waals surface area contributed by atoms with Crippen molar-refractivity contribution in [3.8, 4) is 11.5 Å². The van der Waals surface area contributed by atoms with Crippen molar-refractivity contribution in [3.05, 3.63) is 18.2 Å². The predicted octanol–water partition coefficient (Wildman–Crippen LogP) is 1.58. The fourth-order valence-corrected chi connectivity index (χ4v) is 2.53. The molecule has 0 aliphatic carbocycles. The van der Waals surface area contributed by atoms with Crippen LogP contribution in [0, 0.1) is 5.92 Å². The van der Waals surface area contributed by atoms with Gasteiger partial charge in [0.1, 0.15) is 0 Å². The number of ether oxygens (including phenoxy) is 2. The molecule has 1 aliphatic rings. The quantitative estimate of drug-likeness (QED) is 0.897. The zero-order valence-electron chi connectivity index (χ0n) is 13.4. The van der Waals surface area contributed by atoms with E-state index in [1.165, 1.54) is 0 Å². The Morgan fingerprint density at radius 2 is 1.95 bits per heavy atom. The number of hydrogen-bond donors (Lipinski definition) is 1. The molecule has 0 saturated carbocycles. The first-order valence-electron chi connectivity index (χ1n) is 7.29. The maximum absolute atomic E-state index is 12.2. The van der Waals surface area contributed by atoms with Crippen LogP contribution in [0.1, 0.15) is 20.3 Å². The normalized spacial score (nSPS) is 17.8. The summed E-state index contributed by atoms with van der Waals surface area (Å²) in [4.78, 5) is 25.9. The van der Waals surface area contributed by atoms with E-state index in [1.807, 2.05) is 13.8 Å². The molecule has 1 aliphatic heterocycles. The molecule has 0 aromatic heterocycles. The standard InChI is InChI=1S/C16H22N2O4/c1-10(2)17-16(20)11-7-15(19)18(9-11)12-5-6-13(21-3)14(8-12)22-4/h5-6,8,10-11H,7,9H2,1-4H3,(H,17,20). The highest BCUT2D eigenvalue weighted by Crippen LogP contribution is 2.34. The fourth-order valence-electron chi connectivity index (χ4n) is 2.53. The molecule has 6 heteroatoms. The number of carbonyl (C=O) groups excluding carboxylic acids is 2. The molecule has 0 bridgehead atoms. The van der Waals surface area contributed by atoms with Gasteiger partial charge in [0.2, 0.25) is 11.8 Å². The van der Waals surface area contributed by atoms with E-state index >= 15 is 0 Å². The number of benzene rings is 1. The summed E-state index contributed by atoms with van der Waals surface area (Å²) in [5, 5.41) is 2.86. The maximum Gasteiger partial charge on any atom is 0.227 e. The van der Waals surface area contributed by atoms with Crippen LogP contribution in [-0.2, 0) is 9.59 Å². The number of nitrogens with zero attached hydrogens (tertiary/aromatic N) is 1. The third kappa shape index (κ3) is 3.32. The van der Waals surface area contributed by atoms with Crippen LogP contribution in [0.3, 0.4) is 0 Å². The number of hydrogen-bond acceptors (Lipinski definition) is 4. The lowest BCUT2D eigenvalue weighted by Crippen LogP contribution is -2.36. The highest BCUT2D eigenvalue weighted by Gasteiger charge is 2.35. The summed E-state index contributed by atoms with van der Waals surface area (Å²) < 4.78 is 10.4. The van der Waals surface area contributed by atoms with Crippen molar-refractivity contribution in [3.63, 3.8) is 0 Å². The van der Waals surface area contributed by atoms with Crippen LogP contribution in [0.25, 0.3) is 0 Å². The Hall–Kier alpha value is -2.24. The summed E-state index contributed by atoms with van der Waals surface area (Å²) in [5.41, 5.74) is 0.711. The maximum atomic E-state index is 12.2. The Bertz CT molecular complexity index is 571. The number of amides is 2. The van der Waals surface area contributed by atoms with Gasteiger partial charge in [0.25, 0.3) is 0 Å². The molecule has 1 N–H and O–H groups in total. The molecule has 1 unspecified atom stereocenters. The van der Waals surface area contributed by atoms with Crippen LogP contribution in [0.15, 0.2) is 18.2 Å². The number of rotatable bonds is 5. The molecule has 2 amide bonds. The Morgan fingerprint density at radius 3 is 2.55 bits per heavy atom. The second kappa shape index (κ2) is 6.68. The van der Waals surface area contributed by atoms with Gasteiger partial charge in [0.15, 0.2) is 11.5 Å². The molecular weight excluding hydrogens is 284 g/mol. The fraction of sp³-hybridized carbons (Fsp3) is 0.500. The highest BCUT2D eigenvalue weighted by molar-refractivity contribution is 6.00. The molecule has 0 radical (unpaired) electrons. The monoisotopic (exact) mass is 306 g/mol. The molecule has 22 heavy (non-hydrogen) atoms. The largest absolute Gasteiger partial charge is 0.493 e. The first-order valence-corrected chi connectivity index (χ1v) is 7.29. The lowest BCUT2D eigenvalue weighted by molar-refractivity contribution is -0.126. The average molecular weight is 306 g/mol. The van der Waals surface area contributed by atoms with Gasteiger partial charge in [-0.15, -0.1) is 0 Å². The molecule has 2 rings (SSSR count). The van der Waals surface area contributed by atoms with E-state index in [1.54, 1.807) is 37.3 Å². The van der Waals surface area contributed by atoms with E-state index in [0.29, 0.717) is 23.7 Å². The number of carbonyl (C=O) groups is 2. The molecule has 1 aromatic carbocycles. The predicted molar refractivity (Wildman–Crippen MR) is 83.3 cm³/mol. The second-order valence-corrected chi connectivity index (χ2v) is 5.61. The molecule has 120 valence electrons. The molecular formula is C16H22N2O4. The number of anilines is 1. The number of nitrogens with one attached hydrogen (secondary N) is 1. The molecule has 1 fully saturated rings. The Labute approximate surface area is 130 Å². The van der Waals surface area contributed by atoms with Gasteiger partial charge < -0.3 is 19.7 Å². The van der Waals surface area contributed by atoms with Crippen molar-refractivity contribution in [2.24, 2.45) is 5.92 Å². The minimum Gasteiger partial charge on any atom is -0.493 e. The van der Waals surface area contributed by atoms with Crippen molar-refractivity contribution < 1.29 is 19.1 Å². The lowest BCUT2D eigenvalue weighted by atomic mass is 10.1. The van der Waals surface area contributed by atoms with Gasteiger partial charge in [-0.3, -0.25) is 9.59 Å². The molecule has 1 saturated heterocycles. The Kier molecular flexibility index (Phi) is 4.90. The lowest BCUT2D eigenvalue weighted by Gasteiger charge is -2.19.